The van der Waals surface area contributed by atoms with Crippen molar-refractivity contribution in [2.24, 2.45) is 0 Å². The summed E-state index contributed by atoms with van der Waals surface area (Å²) >= 11 is 0. The summed E-state index contributed by atoms with van der Waals surface area (Å²) in [5, 5.41) is 10.7. The molecule has 2 N–H and O–H groups in total. The molecule has 2 aromatic carbocycles. The van der Waals surface area contributed by atoms with Gasteiger partial charge in [-0.25, -0.2) is 13.1 Å². The number of carbonyl (C=O) groups is 1. The van der Waals surface area contributed by atoms with Gasteiger partial charge < -0.3 is 5.11 Å². The summed E-state index contributed by atoms with van der Waals surface area (Å²) in [7, 11) is -3.98. The second kappa shape index (κ2) is 7.37. The van der Waals surface area contributed by atoms with E-state index in [0.29, 0.717) is 18.4 Å². The van der Waals surface area contributed by atoms with E-state index in [9.17, 15) is 18.3 Å². The molecule has 25 heavy (non-hydrogen) atoms. The second-order valence-electron chi connectivity index (χ2n) is 6.03. The number of sulfonamides is 1. The highest BCUT2D eigenvalue weighted by atomic mass is 32.2. The minimum Gasteiger partial charge on any atom is -0.385 e. The first-order valence-corrected chi connectivity index (χ1v) is 9.67. The Morgan fingerprint density at radius 2 is 1.60 bits per heavy atom. The van der Waals surface area contributed by atoms with Gasteiger partial charge in [0.05, 0.1) is 10.5 Å². The van der Waals surface area contributed by atoms with Crippen LogP contribution in [0.5, 0.6) is 0 Å². The molecule has 0 radical (unpaired) electrons. The molecule has 2 rings (SSSR count). The van der Waals surface area contributed by atoms with E-state index in [0.717, 1.165) is 5.56 Å². The van der Waals surface area contributed by atoms with Crippen LogP contribution in [0.3, 0.4) is 0 Å². The average molecular weight is 361 g/mol. The normalized spacial score (nSPS) is 12.0. The van der Waals surface area contributed by atoms with Crippen LogP contribution in [0.25, 0.3) is 0 Å². The highest BCUT2D eigenvalue weighted by molar-refractivity contribution is 7.90. The molecule has 0 unspecified atom stereocenters. The summed E-state index contributed by atoms with van der Waals surface area (Å²) in [6.07, 6.45) is 0.830. The summed E-state index contributed by atoms with van der Waals surface area (Å²) in [5.41, 5.74) is 0.328. The van der Waals surface area contributed by atoms with Gasteiger partial charge in [-0.2, -0.15) is 0 Å². The smallest absolute Gasteiger partial charge is 0.265 e. The van der Waals surface area contributed by atoms with Gasteiger partial charge in [-0.15, -0.1) is 0 Å². The van der Waals surface area contributed by atoms with Crippen LogP contribution >= 0.6 is 0 Å². The fraction of sp³-hybridized carbons (Fsp3) is 0.316. The first-order chi connectivity index (χ1) is 11.7. The molecule has 0 aliphatic heterocycles. The van der Waals surface area contributed by atoms with Gasteiger partial charge in [-0.1, -0.05) is 49.7 Å². The molecule has 134 valence electrons. The van der Waals surface area contributed by atoms with Gasteiger partial charge in [0.25, 0.3) is 15.9 Å². The summed E-state index contributed by atoms with van der Waals surface area (Å²) in [6, 6.07) is 12.8. The standard InChI is InChI=1S/C19H23NO4S/c1-4-19(22,5-2)17-9-7-6-8-16(17)18(21)20-25(23,24)15-12-10-14(3)11-13-15/h6-13,22H,4-5H2,1-3H3,(H,20,21). The summed E-state index contributed by atoms with van der Waals surface area (Å²) in [4.78, 5) is 12.6. The molecule has 0 heterocycles. The van der Waals surface area contributed by atoms with Crippen LogP contribution in [-0.4, -0.2) is 19.4 Å². The van der Waals surface area contributed by atoms with Crippen molar-refractivity contribution >= 4 is 15.9 Å². The lowest BCUT2D eigenvalue weighted by Crippen LogP contribution is -2.34. The first-order valence-electron chi connectivity index (χ1n) is 8.19. The zero-order valence-corrected chi connectivity index (χ0v) is 15.4. The third kappa shape index (κ3) is 4.08. The SMILES string of the molecule is CCC(O)(CC)c1ccccc1C(=O)NS(=O)(=O)c1ccc(C)cc1. The van der Waals surface area contributed by atoms with Crippen LogP contribution < -0.4 is 4.72 Å². The van der Waals surface area contributed by atoms with Gasteiger partial charge in [0.2, 0.25) is 0 Å². The fourth-order valence-corrected chi connectivity index (χ4v) is 3.64. The monoisotopic (exact) mass is 361 g/mol. The van der Waals surface area contributed by atoms with E-state index in [2.05, 4.69) is 4.72 Å². The van der Waals surface area contributed by atoms with E-state index >= 15 is 0 Å². The summed E-state index contributed by atoms with van der Waals surface area (Å²) < 4.78 is 27.0. The molecule has 0 bridgehead atoms. The van der Waals surface area contributed by atoms with E-state index in [4.69, 9.17) is 0 Å². The zero-order chi connectivity index (χ0) is 18.7. The number of aliphatic hydroxyl groups is 1. The van der Waals surface area contributed by atoms with Gasteiger partial charge in [0.1, 0.15) is 0 Å². The summed E-state index contributed by atoms with van der Waals surface area (Å²) in [6.45, 7) is 5.49. The Kier molecular flexibility index (Phi) is 5.65. The summed E-state index contributed by atoms with van der Waals surface area (Å²) in [5.74, 6) is -0.753. The fourth-order valence-electron chi connectivity index (χ4n) is 2.67. The zero-order valence-electron chi connectivity index (χ0n) is 14.6. The van der Waals surface area contributed by atoms with Crippen LogP contribution in [0.1, 0.15) is 48.2 Å². The van der Waals surface area contributed by atoms with Gasteiger partial charge in [0, 0.05) is 5.56 Å². The Bertz CT molecular complexity index is 853. The number of hydrogen-bond donors (Lipinski definition) is 2. The maximum absolute atomic E-state index is 12.6. The first kappa shape index (κ1) is 19.1. The third-order valence-electron chi connectivity index (χ3n) is 4.40. The molecule has 1 amide bonds. The molecule has 0 fully saturated rings. The average Bonchev–Trinajstić information content (AvgIpc) is 2.61. The van der Waals surface area contributed by atoms with Crippen LogP contribution in [0.4, 0.5) is 0 Å². The Morgan fingerprint density at radius 1 is 1.04 bits per heavy atom. The van der Waals surface area contributed by atoms with E-state index in [1.807, 2.05) is 20.8 Å². The number of nitrogens with one attached hydrogen (secondary N) is 1. The molecule has 5 nitrogen and oxygen atoms in total. The maximum Gasteiger partial charge on any atom is 0.265 e. The Labute approximate surface area is 148 Å². The van der Waals surface area contributed by atoms with Crippen LogP contribution in [0.2, 0.25) is 0 Å². The van der Waals surface area contributed by atoms with Gasteiger partial charge in [0.15, 0.2) is 0 Å². The third-order valence-corrected chi connectivity index (χ3v) is 5.75. The Balaban J connectivity index is 2.38. The molecule has 0 atom stereocenters. The van der Waals surface area contributed by atoms with E-state index in [1.54, 1.807) is 30.3 Å². The van der Waals surface area contributed by atoms with Crippen LogP contribution in [0.15, 0.2) is 53.4 Å². The van der Waals surface area contributed by atoms with Crippen molar-refractivity contribution in [1.82, 2.24) is 4.72 Å². The number of amides is 1. The lowest BCUT2D eigenvalue weighted by molar-refractivity contribution is 0.0273. The highest BCUT2D eigenvalue weighted by Crippen LogP contribution is 2.31. The number of rotatable bonds is 6. The number of hydrogen-bond acceptors (Lipinski definition) is 4. The highest BCUT2D eigenvalue weighted by Gasteiger charge is 2.30. The van der Waals surface area contributed by atoms with Crippen molar-refractivity contribution in [3.8, 4) is 0 Å². The molecule has 0 aromatic heterocycles. The number of aryl methyl sites for hydroxylation is 1. The largest absolute Gasteiger partial charge is 0.385 e. The van der Waals surface area contributed by atoms with Gasteiger partial charge >= 0.3 is 0 Å². The number of benzene rings is 2. The maximum atomic E-state index is 12.6. The molecule has 0 saturated carbocycles. The topological polar surface area (TPSA) is 83.5 Å². The predicted octanol–water partition coefficient (Wildman–Crippen LogP) is 3.12. The molecule has 0 saturated heterocycles. The van der Waals surface area contributed by atoms with E-state index < -0.39 is 21.5 Å². The quantitative estimate of drug-likeness (QED) is 0.828. The molecule has 2 aromatic rings. The minimum atomic E-state index is -3.98. The predicted molar refractivity (Wildman–Crippen MR) is 96.8 cm³/mol. The Hall–Kier alpha value is -2.18. The molecule has 0 aliphatic carbocycles. The van der Waals surface area contributed by atoms with Gasteiger partial charge in [-0.3, -0.25) is 4.79 Å². The van der Waals surface area contributed by atoms with Crippen molar-refractivity contribution in [2.45, 2.75) is 44.1 Å². The molecular weight excluding hydrogens is 338 g/mol. The Morgan fingerprint density at radius 3 is 2.16 bits per heavy atom. The number of carbonyl (C=O) groups excluding carboxylic acids is 1. The molecular formula is C19H23NO4S. The van der Waals surface area contributed by atoms with E-state index in [1.165, 1.54) is 18.2 Å². The minimum absolute atomic E-state index is 0.0187. The van der Waals surface area contributed by atoms with Crippen LogP contribution in [0, 0.1) is 6.92 Å². The molecule has 6 heteroatoms. The lowest BCUT2D eigenvalue weighted by atomic mass is 9.85. The lowest BCUT2D eigenvalue weighted by Gasteiger charge is -2.27. The molecule has 0 spiro atoms. The molecule has 0 aliphatic rings. The van der Waals surface area contributed by atoms with Crippen molar-refractivity contribution in [3.05, 3.63) is 65.2 Å². The van der Waals surface area contributed by atoms with Crippen molar-refractivity contribution in [2.75, 3.05) is 0 Å². The van der Waals surface area contributed by atoms with Gasteiger partial charge in [-0.05, 0) is 43.5 Å². The van der Waals surface area contributed by atoms with Crippen molar-refractivity contribution < 1.29 is 18.3 Å². The van der Waals surface area contributed by atoms with E-state index in [-0.39, 0.29) is 10.5 Å². The van der Waals surface area contributed by atoms with Crippen molar-refractivity contribution in [3.63, 3.8) is 0 Å². The second-order valence-corrected chi connectivity index (χ2v) is 7.71. The van der Waals surface area contributed by atoms with Crippen molar-refractivity contribution in [1.29, 1.82) is 0 Å². The van der Waals surface area contributed by atoms with Crippen LogP contribution in [-0.2, 0) is 15.6 Å².